The Morgan fingerprint density at radius 2 is 1.68 bits per heavy atom. The normalized spacial score (nSPS) is 11.3. The number of nitrogens with one attached hydrogen (secondary N) is 2. The van der Waals surface area contributed by atoms with Crippen molar-refractivity contribution in [2.24, 2.45) is 0 Å². The molecule has 2 rings (SSSR count). The maximum absolute atomic E-state index is 13.4. The van der Waals surface area contributed by atoms with Crippen molar-refractivity contribution < 1.29 is 31.1 Å². The van der Waals surface area contributed by atoms with Gasteiger partial charge in [-0.05, 0) is 30.3 Å². The van der Waals surface area contributed by atoms with E-state index >= 15 is 0 Å². The summed E-state index contributed by atoms with van der Waals surface area (Å²) in [4.78, 5) is 11.8. The zero-order chi connectivity index (χ0) is 18.8. The van der Waals surface area contributed by atoms with E-state index in [0.29, 0.717) is 12.1 Å². The number of anilines is 2. The summed E-state index contributed by atoms with van der Waals surface area (Å²) in [5.41, 5.74) is -1.80. The van der Waals surface area contributed by atoms with Crippen LogP contribution in [0.5, 0.6) is 0 Å². The van der Waals surface area contributed by atoms with Gasteiger partial charge in [0.05, 0.1) is 28.5 Å². The lowest BCUT2D eigenvalue weighted by atomic mass is 10.2. The fourth-order valence-corrected chi connectivity index (χ4v) is 1.99. The summed E-state index contributed by atoms with van der Waals surface area (Å²) >= 11 is 5.72. The molecular formula is C15H9ClF6N2O. The summed E-state index contributed by atoms with van der Waals surface area (Å²) in [5.74, 6) is -5.51. The van der Waals surface area contributed by atoms with Crippen LogP contribution in [0.4, 0.5) is 37.7 Å². The third kappa shape index (κ3) is 4.56. The van der Waals surface area contributed by atoms with E-state index in [9.17, 15) is 31.1 Å². The molecule has 10 heteroatoms. The second-order valence-electron chi connectivity index (χ2n) is 4.82. The minimum atomic E-state index is -4.63. The third-order valence-electron chi connectivity index (χ3n) is 3.04. The molecule has 0 bridgehead atoms. The molecule has 0 heterocycles. The first kappa shape index (κ1) is 18.9. The van der Waals surface area contributed by atoms with E-state index in [1.807, 2.05) is 0 Å². The summed E-state index contributed by atoms with van der Waals surface area (Å²) < 4.78 is 77.2. The number of rotatable bonds is 4. The second-order valence-corrected chi connectivity index (χ2v) is 5.22. The molecule has 0 aliphatic rings. The Morgan fingerprint density at radius 3 is 2.32 bits per heavy atom. The molecule has 2 aromatic carbocycles. The van der Waals surface area contributed by atoms with E-state index in [4.69, 9.17) is 11.6 Å². The van der Waals surface area contributed by atoms with Crippen LogP contribution in [-0.2, 0) is 11.0 Å². The average molecular weight is 383 g/mol. The minimum Gasteiger partial charge on any atom is -0.374 e. The van der Waals surface area contributed by atoms with E-state index in [-0.39, 0.29) is 10.7 Å². The highest BCUT2D eigenvalue weighted by Gasteiger charge is 2.31. The molecule has 0 fully saturated rings. The molecule has 0 spiro atoms. The highest BCUT2D eigenvalue weighted by Crippen LogP contribution is 2.33. The zero-order valence-corrected chi connectivity index (χ0v) is 12.9. The molecule has 0 aliphatic carbocycles. The lowest BCUT2D eigenvalue weighted by molar-refractivity contribution is -0.137. The molecule has 0 saturated heterocycles. The summed E-state index contributed by atoms with van der Waals surface area (Å²) in [6.07, 6.45) is -4.63. The van der Waals surface area contributed by atoms with Crippen LogP contribution >= 0.6 is 11.6 Å². The number of halogens is 7. The summed E-state index contributed by atoms with van der Waals surface area (Å²) in [6, 6.07) is 3.87. The lowest BCUT2D eigenvalue weighted by Crippen LogP contribution is -2.23. The number of carbonyl (C=O) groups is 1. The van der Waals surface area contributed by atoms with Gasteiger partial charge in [-0.1, -0.05) is 11.6 Å². The maximum Gasteiger partial charge on any atom is 0.416 e. The van der Waals surface area contributed by atoms with E-state index in [1.165, 1.54) is 0 Å². The van der Waals surface area contributed by atoms with Crippen LogP contribution in [0.1, 0.15) is 5.56 Å². The van der Waals surface area contributed by atoms with Gasteiger partial charge < -0.3 is 10.6 Å². The van der Waals surface area contributed by atoms with Gasteiger partial charge in [0.15, 0.2) is 17.5 Å². The number of hydrogen-bond acceptors (Lipinski definition) is 2. The van der Waals surface area contributed by atoms with Crippen molar-refractivity contribution in [1.82, 2.24) is 0 Å². The Morgan fingerprint density at radius 1 is 1.00 bits per heavy atom. The molecule has 3 nitrogen and oxygen atoms in total. The first-order valence-electron chi connectivity index (χ1n) is 6.63. The molecule has 25 heavy (non-hydrogen) atoms. The van der Waals surface area contributed by atoms with Gasteiger partial charge in [0.25, 0.3) is 0 Å². The Labute approximate surface area is 142 Å². The standard InChI is InChI=1S/C15H9ClF6N2O/c16-8-2-1-7(15(20,21)22)5-11(8)24-12(25)6-23-10-4-3-9(17)13(18)14(10)19/h1-5,23H,6H2,(H,24,25). The summed E-state index contributed by atoms with van der Waals surface area (Å²) in [6.45, 7) is -0.617. The topological polar surface area (TPSA) is 41.1 Å². The van der Waals surface area contributed by atoms with Crippen molar-refractivity contribution >= 4 is 28.9 Å². The number of hydrogen-bond donors (Lipinski definition) is 2. The van der Waals surface area contributed by atoms with Crippen molar-refractivity contribution in [3.05, 3.63) is 58.4 Å². The van der Waals surface area contributed by atoms with Crippen LogP contribution in [0.2, 0.25) is 5.02 Å². The molecule has 0 unspecified atom stereocenters. The Kier molecular flexibility index (Phi) is 5.46. The van der Waals surface area contributed by atoms with Gasteiger partial charge >= 0.3 is 6.18 Å². The monoisotopic (exact) mass is 382 g/mol. The fourth-order valence-electron chi connectivity index (χ4n) is 1.83. The van der Waals surface area contributed by atoms with Gasteiger partial charge in [0.1, 0.15) is 0 Å². The van der Waals surface area contributed by atoms with Gasteiger partial charge in [-0.15, -0.1) is 0 Å². The SMILES string of the molecule is O=C(CNc1ccc(F)c(F)c1F)Nc1cc(C(F)(F)F)ccc1Cl. The van der Waals surface area contributed by atoms with Gasteiger partial charge in [-0.2, -0.15) is 13.2 Å². The van der Waals surface area contributed by atoms with E-state index in [0.717, 1.165) is 18.2 Å². The van der Waals surface area contributed by atoms with Crippen molar-refractivity contribution in [2.45, 2.75) is 6.18 Å². The number of amides is 1. The first-order valence-corrected chi connectivity index (χ1v) is 7.01. The maximum atomic E-state index is 13.4. The molecule has 2 N–H and O–H groups in total. The van der Waals surface area contributed by atoms with Crippen molar-refractivity contribution in [3.8, 4) is 0 Å². The molecule has 0 saturated carbocycles. The number of carbonyl (C=O) groups excluding carboxylic acids is 1. The van der Waals surface area contributed by atoms with Gasteiger partial charge in [0.2, 0.25) is 5.91 Å². The van der Waals surface area contributed by atoms with Crippen LogP contribution < -0.4 is 10.6 Å². The zero-order valence-electron chi connectivity index (χ0n) is 12.1. The largest absolute Gasteiger partial charge is 0.416 e. The number of benzene rings is 2. The molecule has 134 valence electrons. The van der Waals surface area contributed by atoms with Crippen LogP contribution in [-0.4, -0.2) is 12.5 Å². The van der Waals surface area contributed by atoms with E-state index < -0.39 is 47.3 Å². The second kappa shape index (κ2) is 7.22. The van der Waals surface area contributed by atoms with Gasteiger partial charge in [-0.3, -0.25) is 4.79 Å². The fraction of sp³-hybridized carbons (Fsp3) is 0.133. The van der Waals surface area contributed by atoms with Crippen LogP contribution in [0.3, 0.4) is 0 Å². The summed E-state index contributed by atoms with van der Waals surface area (Å²) in [7, 11) is 0. The van der Waals surface area contributed by atoms with Crippen molar-refractivity contribution in [3.63, 3.8) is 0 Å². The molecule has 2 aromatic rings. The highest BCUT2D eigenvalue weighted by molar-refractivity contribution is 6.33. The molecule has 0 aliphatic heterocycles. The first-order chi connectivity index (χ1) is 11.6. The van der Waals surface area contributed by atoms with Crippen molar-refractivity contribution in [2.75, 3.05) is 17.2 Å². The van der Waals surface area contributed by atoms with Crippen molar-refractivity contribution in [1.29, 1.82) is 0 Å². The Hall–Kier alpha value is -2.42. The van der Waals surface area contributed by atoms with Crippen LogP contribution in [0, 0.1) is 17.5 Å². The van der Waals surface area contributed by atoms with Crippen LogP contribution in [0.15, 0.2) is 30.3 Å². The third-order valence-corrected chi connectivity index (χ3v) is 3.37. The lowest BCUT2D eigenvalue weighted by Gasteiger charge is -2.12. The number of alkyl halides is 3. The molecule has 0 atom stereocenters. The summed E-state index contributed by atoms with van der Waals surface area (Å²) in [5, 5.41) is 4.18. The Bertz CT molecular complexity index is 809. The average Bonchev–Trinajstić information content (AvgIpc) is 2.53. The smallest absolute Gasteiger partial charge is 0.374 e. The van der Waals surface area contributed by atoms with E-state index in [2.05, 4.69) is 10.6 Å². The van der Waals surface area contributed by atoms with Gasteiger partial charge in [0, 0.05) is 0 Å². The predicted molar refractivity (Wildman–Crippen MR) is 79.9 cm³/mol. The van der Waals surface area contributed by atoms with Gasteiger partial charge in [-0.25, -0.2) is 13.2 Å². The quantitative estimate of drug-likeness (QED) is 0.587. The Balaban J connectivity index is 2.07. The molecule has 0 radical (unpaired) electrons. The molecular weight excluding hydrogens is 374 g/mol. The molecule has 1 amide bonds. The highest BCUT2D eigenvalue weighted by atomic mass is 35.5. The minimum absolute atomic E-state index is 0.139. The molecule has 0 aromatic heterocycles. The van der Waals surface area contributed by atoms with E-state index in [1.54, 1.807) is 0 Å². The van der Waals surface area contributed by atoms with Crippen LogP contribution in [0.25, 0.3) is 0 Å². The predicted octanol–water partition coefficient (Wildman–Crippen LogP) is 4.83.